The fourth-order valence-corrected chi connectivity index (χ4v) is 4.09. The van der Waals surface area contributed by atoms with E-state index in [1.54, 1.807) is 43.4 Å². The zero-order valence-corrected chi connectivity index (χ0v) is 18.4. The number of halogens is 1. The molecule has 0 aliphatic carbocycles. The number of anilines is 1. The van der Waals surface area contributed by atoms with Gasteiger partial charge in [0.15, 0.2) is 22.4 Å². The van der Waals surface area contributed by atoms with E-state index in [9.17, 15) is 9.18 Å². The molecule has 0 saturated heterocycles. The molecule has 0 atom stereocenters. The topological polar surface area (TPSA) is 64.8 Å². The Kier molecular flexibility index (Phi) is 6.51. The van der Waals surface area contributed by atoms with Crippen LogP contribution in [0.15, 0.2) is 70.7 Å². The van der Waals surface area contributed by atoms with Crippen molar-refractivity contribution < 1.29 is 23.1 Å². The van der Waals surface area contributed by atoms with Crippen molar-refractivity contribution in [2.45, 2.75) is 6.42 Å². The van der Waals surface area contributed by atoms with Gasteiger partial charge in [-0.3, -0.25) is 9.69 Å². The first-order valence-electron chi connectivity index (χ1n) is 9.87. The van der Waals surface area contributed by atoms with Crippen molar-refractivity contribution in [3.05, 3.63) is 83.4 Å². The van der Waals surface area contributed by atoms with Crippen LogP contribution >= 0.6 is 11.3 Å². The van der Waals surface area contributed by atoms with Crippen LogP contribution in [-0.2, 0) is 6.42 Å². The van der Waals surface area contributed by atoms with Gasteiger partial charge in [-0.2, -0.15) is 0 Å². The van der Waals surface area contributed by atoms with Crippen molar-refractivity contribution >= 4 is 22.4 Å². The van der Waals surface area contributed by atoms with Crippen LogP contribution in [0.1, 0.15) is 16.1 Å². The van der Waals surface area contributed by atoms with Gasteiger partial charge in [-0.25, -0.2) is 9.37 Å². The molecule has 32 heavy (non-hydrogen) atoms. The molecule has 0 saturated carbocycles. The lowest BCUT2D eigenvalue weighted by Gasteiger charge is -2.19. The number of rotatable bonds is 8. The van der Waals surface area contributed by atoms with Crippen LogP contribution in [0.4, 0.5) is 9.52 Å². The highest BCUT2D eigenvalue weighted by atomic mass is 32.1. The van der Waals surface area contributed by atoms with Gasteiger partial charge in [-0.1, -0.05) is 6.07 Å². The largest absolute Gasteiger partial charge is 0.493 e. The lowest BCUT2D eigenvalue weighted by molar-refractivity contribution is 0.0960. The molecule has 4 aromatic rings. The van der Waals surface area contributed by atoms with Crippen molar-refractivity contribution in [1.82, 2.24) is 4.98 Å². The molecule has 0 fully saturated rings. The van der Waals surface area contributed by atoms with Gasteiger partial charge in [0.05, 0.1) is 26.2 Å². The van der Waals surface area contributed by atoms with Crippen molar-refractivity contribution in [3.8, 4) is 22.8 Å². The summed E-state index contributed by atoms with van der Waals surface area (Å²) < 4.78 is 29.3. The van der Waals surface area contributed by atoms with Gasteiger partial charge in [0, 0.05) is 17.5 Å². The van der Waals surface area contributed by atoms with Crippen molar-refractivity contribution in [1.29, 1.82) is 0 Å². The third kappa shape index (κ3) is 4.65. The molecule has 8 heteroatoms. The molecule has 164 valence electrons. The Morgan fingerprint density at radius 2 is 1.88 bits per heavy atom. The van der Waals surface area contributed by atoms with Gasteiger partial charge >= 0.3 is 0 Å². The molecule has 2 heterocycles. The number of hydrogen-bond acceptors (Lipinski definition) is 6. The second-order valence-corrected chi connectivity index (χ2v) is 7.73. The Labute approximate surface area is 188 Å². The molecule has 2 aromatic carbocycles. The Bertz CT molecular complexity index is 1190. The van der Waals surface area contributed by atoms with Crippen molar-refractivity contribution in [2.75, 3.05) is 25.7 Å². The lowest BCUT2D eigenvalue weighted by Crippen LogP contribution is -2.32. The quantitative estimate of drug-likeness (QED) is 0.356. The Morgan fingerprint density at radius 1 is 1.09 bits per heavy atom. The van der Waals surface area contributed by atoms with Gasteiger partial charge < -0.3 is 13.9 Å². The number of thiazole rings is 1. The highest BCUT2D eigenvalue weighted by molar-refractivity contribution is 7.14. The number of furan rings is 1. The highest BCUT2D eigenvalue weighted by Gasteiger charge is 2.23. The van der Waals surface area contributed by atoms with E-state index in [0.717, 1.165) is 11.1 Å². The van der Waals surface area contributed by atoms with E-state index in [1.165, 1.54) is 29.7 Å². The van der Waals surface area contributed by atoms with Crippen molar-refractivity contribution in [3.63, 3.8) is 0 Å². The predicted octanol–water partition coefficient (Wildman–Crippen LogP) is 5.45. The number of ether oxygens (including phenoxy) is 2. The molecule has 0 radical (unpaired) electrons. The molecular weight excluding hydrogens is 431 g/mol. The summed E-state index contributed by atoms with van der Waals surface area (Å²) in [6.07, 6.45) is 2.03. The van der Waals surface area contributed by atoms with Crippen molar-refractivity contribution in [2.24, 2.45) is 0 Å². The average Bonchev–Trinajstić information content (AvgIpc) is 3.52. The molecule has 0 aliphatic rings. The molecule has 0 N–H and O–H groups in total. The van der Waals surface area contributed by atoms with Gasteiger partial charge in [-0.15, -0.1) is 11.3 Å². The number of methoxy groups -OCH3 is 2. The maximum absolute atomic E-state index is 13.3. The first-order valence-corrected chi connectivity index (χ1v) is 10.7. The fourth-order valence-electron chi connectivity index (χ4n) is 3.24. The standard InChI is InChI=1S/C24H21FN2O4S/c1-29-20-10-5-16(14-22(20)30-2)11-12-27(23(28)21-4-3-13-31-21)24-26-19(15-32-24)17-6-8-18(25)9-7-17/h3-10,13-15H,11-12H2,1-2H3. The third-order valence-corrected chi connectivity index (χ3v) is 5.78. The zero-order valence-electron chi connectivity index (χ0n) is 17.6. The third-order valence-electron chi connectivity index (χ3n) is 4.91. The summed E-state index contributed by atoms with van der Waals surface area (Å²) >= 11 is 1.35. The van der Waals surface area contributed by atoms with Crippen LogP contribution in [0.5, 0.6) is 11.5 Å². The molecule has 2 aromatic heterocycles. The van der Waals surface area contributed by atoms with Crippen LogP contribution < -0.4 is 14.4 Å². The molecule has 6 nitrogen and oxygen atoms in total. The molecule has 0 spiro atoms. The molecule has 0 bridgehead atoms. The highest BCUT2D eigenvalue weighted by Crippen LogP contribution is 2.30. The van der Waals surface area contributed by atoms with Gasteiger partial charge in [0.2, 0.25) is 0 Å². The predicted molar refractivity (Wildman–Crippen MR) is 121 cm³/mol. The molecule has 4 rings (SSSR count). The minimum absolute atomic E-state index is 0.232. The summed E-state index contributed by atoms with van der Waals surface area (Å²) in [5.41, 5.74) is 2.43. The number of hydrogen-bond donors (Lipinski definition) is 0. The summed E-state index contributed by atoms with van der Waals surface area (Å²) in [5.74, 6) is 0.908. The smallest absolute Gasteiger partial charge is 0.295 e. The number of nitrogens with zero attached hydrogens (tertiary/aromatic N) is 2. The van der Waals surface area contributed by atoms with E-state index in [-0.39, 0.29) is 17.5 Å². The minimum atomic E-state index is -0.311. The van der Waals surface area contributed by atoms with E-state index >= 15 is 0 Å². The maximum atomic E-state index is 13.3. The Hall–Kier alpha value is -3.65. The molecule has 1 amide bonds. The summed E-state index contributed by atoms with van der Waals surface area (Å²) in [4.78, 5) is 19.4. The monoisotopic (exact) mass is 452 g/mol. The number of aromatic nitrogens is 1. The van der Waals surface area contributed by atoms with Gasteiger partial charge in [0.25, 0.3) is 5.91 Å². The van der Waals surface area contributed by atoms with Crippen LogP contribution in [0, 0.1) is 5.82 Å². The van der Waals surface area contributed by atoms with Crippen LogP contribution in [0.3, 0.4) is 0 Å². The minimum Gasteiger partial charge on any atom is -0.493 e. The number of carbonyl (C=O) groups is 1. The number of carbonyl (C=O) groups excluding carboxylic acids is 1. The van der Waals surface area contributed by atoms with E-state index in [1.807, 2.05) is 23.6 Å². The molecule has 0 aliphatic heterocycles. The average molecular weight is 453 g/mol. The first kappa shape index (κ1) is 21.6. The molecule has 0 unspecified atom stereocenters. The van der Waals surface area contributed by atoms with Crippen LogP contribution in [0.2, 0.25) is 0 Å². The van der Waals surface area contributed by atoms with Crippen LogP contribution in [0.25, 0.3) is 11.3 Å². The van der Waals surface area contributed by atoms with E-state index in [2.05, 4.69) is 4.98 Å². The summed E-state index contributed by atoms with van der Waals surface area (Å²) in [5, 5.41) is 2.38. The normalized spacial score (nSPS) is 10.7. The second-order valence-electron chi connectivity index (χ2n) is 6.90. The number of amides is 1. The number of benzene rings is 2. The summed E-state index contributed by atoms with van der Waals surface area (Å²) in [6.45, 7) is 0.380. The second kappa shape index (κ2) is 9.65. The molecular formula is C24H21FN2O4S. The van der Waals surface area contributed by atoms with Gasteiger partial charge in [0.1, 0.15) is 5.82 Å². The van der Waals surface area contributed by atoms with Crippen LogP contribution in [-0.4, -0.2) is 31.7 Å². The maximum Gasteiger partial charge on any atom is 0.295 e. The first-order chi connectivity index (χ1) is 15.6. The van der Waals surface area contributed by atoms with Gasteiger partial charge in [-0.05, 0) is 60.5 Å². The summed E-state index contributed by atoms with van der Waals surface area (Å²) in [6, 6.07) is 15.1. The lowest BCUT2D eigenvalue weighted by atomic mass is 10.1. The van der Waals surface area contributed by atoms with E-state index in [0.29, 0.717) is 35.3 Å². The summed E-state index contributed by atoms with van der Waals surface area (Å²) in [7, 11) is 3.17. The fraction of sp³-hybridized carbons (Fsp3) is 0.167. The zero-order chi connectivity index (χ0) is 22.5. The van der Waals surface area contributed by atoms with E-state index in [4.69, 9.17) is 13.9 Å². The Morgan fingerprint density at radius 3 is 2.56 bits per heavy atom. The SMILES string of the molecule is COc1ccc(CCN(C(=O)c2ccco2)c2nc(-c3ccc(F)cc3)cs2)cc1OC. The van der Waals surface area contributed by atoms with E-state index < -0.39 is 0 Å². The Balaban J connectivity index is 1.60.